The fraction of sp³-hybridized carbons (Fsp3) is 0.325. The summed E-state index contributed by atoms with van der Waals surface area (Å²) >= 11 is 0. The minimum Gasteiger partial charge on any atom is -0.368 e. The van der Waals surface area contributed by atoms with Gasteiger partial charge in [0.25, 0.3) is 10.0 Å². The number of nitrogens with one attached hydrogen (secondary N) is 1. The Morgan fingerprint density at radius 1 is 0.909 bits per heavy atom. The number of rotatable bonds is 8. The molecule has 3 aromatic heterocycles. The van der Waals surface area contributed by atoms with Gasteiger partial charge in [0.15, 0.2) is 11.6 Å². The Morgan fingerprint density at radius 3 is 2.40 bits per heavy atom. The largest absolute Gasteiger partial charge is 0.368 e. The first-order chi connectivity index (χ1) is 26.7. The number of hydrogen-bond donors (Lipinski definition) is 1. The minimum absolute atomic E-state index is 0.0371. The molecule has 4 aliphatic rings. The van der Waals surface area contributed by atoms with Crippen molar-refractivity contribution in [2.24, 2.45) is 0 Å². The summed E-state index contributed by atoms with van der Waals surface area (Å²) in [7, 11) is -1.91. The Morgan fingerprint density at radius 2 is 1.67 bits per heavy atom. The standard InChI is InChI=1S/C40H36F2N10O2S/c1-3-30-33(41)16-9-23-5-4-6-31(34(23)30)36-35(42)37-32(17-43-36)39(50-18-25-10-11-26(19-50)45-25)47-40(46-37)51-20-28(21-51)49(2)27-12-14-29(15-13-27)55(53,54)52-22-44-38(48-52)24-7-8-24/h1,4-6,9,12-17,22,24-26,28,45H,7-8,10-11,18-21H2,2H3. The van der Waals surface area contributed by atoms with Crippen LogP contribution in [0.25, 0.3) is 32.9 Å². The van der Waals surface area contributed by atoms with E-state index < -0.39 is 21.7 Å². The van der Waals surface area contributed by atoms with E-state index in [0.29, 0.717) is 64.5 Å². The van der Waals surface area contributed by atoms with Crippen LogP contribution < -0.4 is 20.0 Å². The Kier molecular flexibility index (Phi) is 7.79. The van der Waals surface area contributed by atoms with Gasteiger partial charge in [0.05, 0.1) is 21.9 Å². The Hall–Kier alpha value is -5.72. The van der Waals surface area contributed by atoms with E-state index in [1.165, 1.54) is 12.4 Å². The van der Waals surface area contributed by atoms with Crippen LogP contribution >= 0.6 is 0 Å². The second-order valence-electron chi connectivity index (χ2n) is 15.0. The molecule has 6 heterocycles. The highest BCUT2D eigenvalue weighted by molar-refractivity contribution is 7.89. The second-order valence-corrected chi connectivity index (χ2v) is 16.8. The molecule has 1 aliphatic carbocycles. The van der Waals surface area contributed by atoms with Crippen LogP contribution in [0.5, 0.6) is 0 Å². The molecule has 1 N–H and O–H groups in total. The molecule has 2 unspecified atom stereocenters. The second kappa shape index (κ2) is 12.7. The number of pyridine rings is 1. The van der Waals surface area contributed by atoms with Gasteiger partial charge in [-0.25, -0.2) is 18.7 Å². The molecule has 6 aromatic rings. The van der Waals surface area contributed by atoms with Gasteiger partial charge in [0.2, 0.25) is 5.95 Å². The molecule has 2 bridgehead atoms. The van der Waals surface area contributed by atoms with E-state index in [1.54, 1.807) is 48.7 Å². The SMILES string of the molecule is C#Cc1c(F)ccc2cccc(-c3ncc4c(N5CC6CCC(C5)N6)nc(N5CC(N(C)c6ccc(S(=O)(=O)n7cnc(C8CC8)n7)cc6)C5)nc4c3F)c12. The molecule has 2 atom stereocenters. The summed E-state index contributed by atoms with van der Waals surface area (Å²) in [5.74, 6) is 3.12. The molecule has 10 rings (SSSR count). The van der Waals surface area contributed by atoms with E-state index in [9.17, 15) is 12.8 Å². The van der Waals surface area contributed by atoms with Crippen molar-refractivity contribution in [2.45, 2.75) is 54.6 Å². The number of terminal acetylenes is 1. The zero-order valence-corrected chi connectivity index (χ0v) is 30.7. The zero-order chi connectivity index (χ0) is 37.6. The summed E-state index contributed by atoms with van der Waals surface area (Å²) in [6.07, 6.45) is 12.7. The number of fused-ring (bicyclic) bond motifs is 4. The fourth-order valence-corrected chi connectivity index (χ4v) is 9.26. The van der Waals surface area contributed by atoms with Crippen molar-refractivity contribution in [3.63, 3.8) is 0 Å². The molecule has 0 amide bonds. The summed E-state index contributed by atoms with van der Waals surface area (Å²) in [6, 6.07) is 15.7. The van der Waals surface area contributed by atoms with Crippen molar-refractivity contribution in [2.75, 3.05) is 47.9 Å². The van der Waals surface area contributed by atoms with Gasteiger partial charge in [-0.2, -0.15) is 13.4 Å². The zero-order valence-electron chi connectivity index (χ0n) is 29.9. The van der Waals surface area contributed by atoms with Crippen molar-refractivity contribution < 1.29 is 17.2 Å². The van der Waals surface area contributed by atoms with Gasteiger partial charge in [-0.05, 0) is 61.4 Å². The van der Waals surface area contributed by atoms with Crippen LogP contribution in [-0.2, 0) is 10.0 Å². The third-order valence-corrected chi connectivity index (χ3v) is 13.0. The maximum atomic E-state index is 17.0. The van der Waals surface area contributed by atoms with Crippen molar-refractivity contribution in [1.82, 2.24) is 34.4 Å². The first-order valence-corrected chi connectivity index (χ1v) is 19.9. The van der Waals surface area contributed by atoms with E-state index >= 15 is 4.39 Å². The van der Waals surface area contributed by atoms with Gasteiger partial charge >= 0.3 is 0 Å². The third kappa shape index (κ3) is 5.65. The van der Waals surface area contributed by atoms with E-state index in [-0.39, 0.29) is 33.6 Å². The normalized spacial score (nSPS) is 19.9. The first kappa shape index (κ1) is 33.8. The number of nitrogens with zero attached hydrogens (tertiary/aromatic N) is 9. The number of anilines is 3. The summed E-state index contributed by atoms with van der Waals surface area (Å²) in [5.41, 5.74) is 1.46. The molecule has 3 saturated heterocycles. The molecule has 4 fully saturated rings. The topological polar surface area (TPSA) is 125 Å². The highest BCUT2D eigenvalue weighted by atomic mass is 32.2. The fourth-order valence-electron chi connectivity index (χ4n) is 8.20. The number of likely N-dealkylation sites (N-methyl/N-ethyl adjacent to an activating group) is 1. The molecule has 0 spiro atoms. The monoisotopic (exact) mass is 758 g/mol. The average Bonchev–Trinajstić information content (AvgIpc) is 3.80. The lowest BCUT2D eigenvalue weighted by Crippen LogP contribution is -2.59. The predicted molar refractivity (Wildman–Crippen MR) is 206 cm³/mol. The molecule has 12 nitrogen and oxygen atoms in total. The lowest BCUT2D eigenvalue weighted by molar-refractivity contribution is 0.462. The number of benzene rings is 3. The Bertz CT molecular complexity index is 2660. The van der Waals surface area contributed by atoms with E-state index in [0.717, 1.165) is 48.5 Å². The molecule has 278 valence electrons. The maximum Gasteiger partial charge on any atom is 0.284 e. The van der Waals surface area contributed by atoms with Crippen LogP contribution in [0.4, 0.5) is 26.2 Å². The van der Waals surface area contributed by atoms with Gasteiger partial charge in [-0.1, -0.05) is 30.2 Å². The number of halogens is 2. The molecule has 3 aromatic carbocycles. The van der Waals surface area contributed by atoms with E-state index in [2.05, 4.69) is 36.1 Å². The first-order valence-electron chi connectivity index (χ1n) is 18.5. The minimum atomic E-state index is -3.87. The van der Waals surface area contributed by atoms with Crippen molar-refractivity contribution in [1.29, 1.82) is 0 Å². The van der Waals surface area contributed by atoms with Crippen molar-refractivity contribution in [3.05, 3.63) is 90.1 Å². The van der Waals surface area contributed by atoms with Gasteiger partial charge in [-0.15, -0.1) is 15.6 Å². The van der Waals surface area contributed by atoms with Crippen molar-refractivity contribution in [3.8, 4) is 23.6 Å². The molecular formula is C40H36F2N10O2S. The molecule has 1 saturated carbocycles. The third-order valence-electron chi connectivity index (χ3n) is 11.5. The van der Waals surface area contributed by atoms with Crippen LogP contribution in [-0.4, -0.2) is 88.9 Å². The Balaban J connectivity index is 0.963. The van der Waals surface area contributed by atoms with Crippen molar-refractivity contribution >= 4 is 49.2 Å². The summed E-state index contributed by atoms with van der Waals surface area (Å²) < 4.78 is 59.3. The predicted octanol–water partition coefficient (Wildman–Crippen LogP) is 5.08. The van der Waals surface area contributed by atoms with Crippen LogP contribution in [0, 0.1) is 24.0 Å². The van der Waals surface area contributed by atoms with Crippen LogP contribution in [0.2, 0.25) is 0 Å². The van der Waals surface area contributed by atoms with E-state index in [4.69, 9.17) is 16.4 Å². The quantitative estimate of drug-likeness (QED) is 0.209. The highest BCUT2D eigenvalue weighted by Gasteiger charge is 2.37. The molecule has 15 heteroatoms. The smallest absolute Gasteiger partial charge is 0.284 e. The number of piperazine rings is 1. The van der Waals surface area contributed by atoms with Gasteiger partial charge < -0.3 is 20.0 Å². The van der Waals surface area contributed by atoms with Gasteiger partial charge in [0, 0.05) is 74.1 Å². The Labute approximate surface area is 316 Å². The summed E-state index contributed by atoms with van der Waals surface area (Å²) in [5, 5.41) is 9.48. The van der Waals surface area contributed by atoms with Gasteiger partial charge in [0.1, 0.15) is 29.2 Å². The lowest BCUT2D eigenvalue weighted by Gasteiger charge is -2.45. The van der Waals surface area contributed by atoms with Crippen LogP contribution in [0.15, 0.2) is 72.0 Å². The molecule has 0 radical (unpaired) electrons. The molecule has 3 aliphatic heterocycles. The van der Waals surface area contributed by atoms with Crippen LogP contribution in [0.3, 0.4) is 0 Å². The molecular weight excluding hydrogens is 723 g/mol. The highest BCUT2D eigenvalue weighted by Crippen LogP contribution is 2.39. The van der Waals surface area contributed by atoms with Gasteiger partial charge in [-0.3, -0.25) is 4.98 Å². The summed E-state index contributed by atoms with van der Waals surface area (Å²) in [4.78, 5) is 25.1. The number of hydrogen-bond acceptors (Lipinski definition) is 11. The maximum absolute atomic E-state index is 17.0. The van der Waals surface area contributed by atoms with Crippen LogP contribution in [0.1, 0.15) is 43.0 Å². The van der Waals surface area contributed by atoms with E-state index in [1.807, 2.05) is 18.0 Å². The number of aromatic nitrogens is 6. The molecule has 55 heavy (non-hydrogen) atoms. The lowest BCUT2D eigenvalue weighted by atomic mass is 9.96. The average molecular weight is 759 g/mol. The summed E-state index contributed by atoms with van der Waals surface area (Å²) in [6.45, 7) is 2.58.